The van der Waals surface area contributed by atoms with Crippen molar-refractivity contribution in [1.29, 1.82) is 0 Å². The van der Waals surface area contributed by atoms with E-state index in [1.807, 2.05) is 37.3 Å². The molecule has 0 aromatic heterocycles. The van der Waals surface area contributed by atoms with Crippen LogP contribution in [0.25, 0.3) is 0 Å². The van der Waals surface area contributed by atoms with E-state index in [2.05, 4.69) is 0 Å². The van der Waals surface area contributed by atoms with Crippen molar-refractivity contribution < 1.29 is 8.42 Å². The molecule has 0 saturated carbocycles. The van der Waals surface area contributed by atoms with Crippen LogP contribution in [-0.2, 0) is 14.6 Å². The molecule has 1 rings (SSSR count). The third kappa shape index (κ3) is 2.40. The molecule has 0 aliphatic heterocycles. The zero-order valence-corrected chi connectivity index (χ0v) is 10.3. The van der Waals surface area contributed by atoms with Gasteiger partial charge >= 0.3 is 0 Å². The maximum Gasteiger partial charge on any atom is 0.159 e. The second kappa shape index (κ2) is 4.35. The van der Waals surface area contributed by atoms with Gasteiger partial charge in [-0.15, -0.1) is 0 Å². The summed E-state index contributed by atoms with van der Waals surface area (Å²) in [4.78, 5) is 0. The first-order valence-corrected chi connectivity index (χ1v) is 6.85. The first-order valence-electron chi connectivity index (χ1n) is 5.19. The minimum atomic E-state index is -3.06. The maximum absolute atomic E-state index is 12.1. The van der Waals surface area contributed by atoms with Crippen LogP contribution in [0.2, 0.25) is 0 Å². The van der Waals surface area contributed by atoms with Gasteiger partial charge in [0.25, 0.3) is 0 Å². The summed E-state index contributed by atoms with van der Waals surface area (Å²) >= 11 is 0. The zero-order chi connectivity index (χ0) is 11.5. The van der Waals surface area contributed by atoms with E-state index < -0.39 is 14.6 Å². The van der Waals surface area contributed by atoms with Gasteiger partial charge in [0.2, 0.25) is 0 Å². The van der Waals surface area contributed by atoms with Crippen molar-refractivity contribution in [3.05, 3.63) is 35.9 Å². The molecule has 0 aliphatic rings. The van der Waals surface area contributed by atoms with E-state index in [-0.39, 0.29) is 5.75 Å². The fraction of sp³-hybridized carbons (Fsp3) is 0.500. The van der Waals surface area contributed by atoms with Gasteiger partial charge < -0.3 is 0 Å². The average Bonchev–Trinajstić information content (AvgIpc) is 2.19. The van der Waals surface area contributed by atoms with Gasteiger partial charge in [0.1, 0.15) is 0 Å². The third-order valence-corrected chi connectivity index (χ3v) is 5.46. The average molecular weight is 226 g/mol. The van der Waals surface area contributed by atoms with Crippen molar-refractivity contribution in [2.75, 3.05) is 5.75 Å². The summed E-state index contributed by atoms with van der Waals surface area (Å²) in [7, 11) is -3.06. The van der Waals surface area contributed by atoms with Gasteiger partial charge in [0.05, 0.1) is 10.5 Å². The van der Waals surface area contributed by atoms with Crippen LogP contribution in [0.3, 0.4) is 0 Å². The molecular weight excluding hydrogens is 208 g/mol. The first-order chi connectivity index (χ1) is 6.92. The molecule has 0 amide bonds. The lowest BCUT2D eigenvalue weighted by Crippen LogP contribution is -2.31. The van der Waals surface area contributed by atoms with Crippen molar-refractivity contribution in [2.45, 2.75) is 31.9 Å². The summed E-state index contributed by atoms with van der Waals surface area (Å²) in [6.45, 7) is 5.43. The first kappa shape index (κ1) is 12.2. The summed E-state index contributed by atoms with van der Waals surface area (Å²) in [6.07, 6.45) is 0.665. The van der Waals surface area contributed by atoms with E-state index in [1.54, 1.807) is 13.8 Å². The Balaban J connectivity index is 3.14. The normalized spacial score (nSPS) is 12.7. The Bertz CT molecular complexity index is 405. The summed E-state index contributed by atoms with van der Waals surface area (Å²) in [5, 5.41) is 0. The Kier molecular flexibility index (Phi) is 3.55. The molecular formula is C12H18O2S. The molecule has 0 fully saturated rings. The maximum atomic E-state index is 12.1. The smallest absolute Gasteiger partial charge is 0.159 e. The Labute approximate surface area is 92.2 Å². The van der Waals surface area contributed by atoms with Crippen molar-refractivity contribution in [2.24, 2.45) is 0 Å². The lowest BCUT2D eigenvalue weighted by molar-refractivity contribution is 0.553. The predicted octanol–water partition coefficient (Wildman–Crippen LogP) is 2.75. The van der Waals surface area contributed by atoms with Crippen LogP contribution in [0.5, 0.6) is 0 Å². The molecule has 0 heterocycles. The summed E-state index contributed by atoms with van der Waals surface area (Å²) in [6, 6.07) is 9.38. The molecule has 0 N–H and O–H groups in total. The Hall–Kier alpha value is -0.830. The van der Waals surface area contributed by atoms with Crippen LogP contribution in [0, 0.1) is 0 Å². The SMILES string of the molecule is CCCS(=O)(=O)C(C)(C)c1ccccc1. The summed E-state index contributed by atoms with van der Waals surface area (Å²) in [5.41, 5.74) is 0.860. The standard InChI is InChI=1S/C12H18O2S/c1-4-10-15(13,14)12(2,3)11-8-6-5-7-9-11/h5-9H,4,10H2,1-3H3. The second-order valence-electron chi connectivity index (χ2n) is 4.20. The molecule has 1 aromatic rings. The van der Waals surface area contributed by atoms with Gasteiger partial charge in [-0.25, -0.2) is 8.42 Å². The minimum absolute atomic E-state index is 0.245. The number of hydrogen-bond donors (Lipinski definition) is 0. The van der Waals surface area contributed by atoms with Crippen molar-refractivity contribution in [3.63, 3.8) is 0 Å². The van der Waals surface area contributed by atoms with E-state index >= 15 is 0 Å². The van der Waals surface area contributed by atoms with E-state index in [0.29, 0.717) is 6.42 Å². The molecule has 0 radical (unpaired) electrons. The quantitative estimate of drug-likeness (QED) is 0.791. The molecule has 0 bridgehead atoms. The highest BCUT2D eigenvalue weighted by Gasteiger charge is 2.34. The fourth-order valence-corrected chi connectivity index (χ4v) is 3.09. The van der Waals surface area contributed by atoms with Crippen LogP contribution < -0.4 is 0 Å². The minimum Gasteiger partial charge on any atom is -0.228 e. The highest BCUT2D eigenvalue weighted by molar-refractivity contribution is 7.92. The van der Waals surface area contributed by atoms with Gasteiger partial charge in [-0.1, -0.05) is 37.3 Å². The molecule has 84 valence electrons. The second-order valence-corrected chi connectivity index (χ2v) is 6.85. The highest BCUT2D eigenvalue weighted by Crippen LogP contribution is 2.30. The van der Waals surface area contributed by atoms with E-state index in [9.17, 15) is 8.42 Å². The van der Waals surface area contributed by atoms with Gasteiger partial charge in [0, 0.05) is 0 Å². The molecule has 1 aromatic carbocycles. The van der Waals surface area contributed by atoms with E-state index in [0.717, 1.165) is 5.56 Å². The molecule has 0 aliphatic carbocycles. The lowest BCUT2D eigenvalue weighted by atomic mass is 10.0. The number of rotatable bonds is 4. The number of benzene rings is 1. The Morgan fingerprint density at radius 3 is 2.13 bits per heavy atom. The molecule has 3 heteroatoms. The van der Waals surface area contributed by atoms with E-state index in [4.69, 9.17) is 0 Å². The van der Waals surface area contributed by atoms with Crippen molar-refractivity contribution >= 4 is 9.84 Å². The van der Waals surface area contributed by atoms with Crippen molar-refractivity contribution in [1.82, 2.24) is 0 Å². The molecule has 0 spiro atoms. The Morgan fingerprint density at radius 1 is 1.13 bits per heavy atom. The predicted molar refractivity (Wildman–Crippen MR) is 63.5 cm³/mol. The molecule has 15 heavy (non-hydrogen) atoms. The Morgan fingerprint density at radius 2 is 1.67 bits per heavy atom. The van der Waals surface area contributed by atoms with E-state index in [1.165, 1.54) is 0 Å². The third-order valence-electron chi connectivity index (χ3n) is 2.72. The van der Waals surface area contributed by atoms with Gasteiger partial charge in [-0.3, -0.25) is 0 Å². The highest BCUT2D eigenvalue weighted by atomic mass is 32.2. The molecule has 0 saturated heterocycles. The number of hydrogen-bond acceptors (Lipinski definition) is 2. The largest absolute Gasteiger partial charge is 0.228 e. The topological polar surface area (TPSA) is 34.1 Å². The van der Waals surface area contributed by atoms with Crippen LogP contribution in [-0.4, -0.2) is 14.2 Å². The fourth-order valence-electron chi connectivity index (χ4n) is 1.54. The van der Waals surface area contributed by atoms with Crippen LogP contribution in [0.1, 0.15) is 32.8 Å². The van der Waals surface area contributed by atoms with Gasteiger partial charge in [-0.2, -0.15) is 0 Å². The lowest BCUT2D eigenvalue weighted by Gasteiger charge is -2.25. The van der Waals surface area contributed by atoms with Crippen molar-refractivity contribution in [3.8, 4) is 0 Å². The van der Waals surface area contributed by atoms with Gasteiger partial charge in [-0.05, 0) is 25.8 Å². The van der Waals surface area contributed by atoms with Crippen LogP contribution in [0.15, 0.2) is 30.3 Å². The molecule has 0 unspecified atom stereocenters. The van der Waals surface area contributed by atoms with Crippen LogP contribution in [0.4, 0.5) is 0 Å². The summed E-state index contributed by atoms with van der Waals surface area (Å²) in [5.74, 6) is 0.245. The van der Waals surface area contributed by atoms with Crippen LogP contribution >= 0.6 is 0 Å². The zero-order valence-electron chi connectivity index (χ0n) is 9.53. The monoisotopic (exact) mass is 226 g/mol. The van der Waals surface area contributed by atoms with Gasteiger partial charge in [0.15, 0.2) is 9.84 Å². The molecule has 0 atom stereocenters. The number of sulfone groups is 1. The summed E-state index contributed by atoms with van der Waals surface area (Å²) < 4.78 is 23.3. The molecule has 2 nitrogen and oxygen atoms in total.